The molecule has 0 saturated carbocycles. The van der Waals surface area contributed by atoms with Gasteiger partial charge in [-0.25, -0.2) is 0 Å². The first-order valence-electron chi connectivity index (χ1n) is 6.62. The van der Waals surface area contributed by atoms with Crippen molar-refractivity contribution in [2.24, 2.45) is 11.7 Å². The zero-order valence-electron chi connectivity index (χ0n) is 11.5. The van der Waals surface area contributed by atoms with Crippen LogP contribution in [0.2, 0.25) is 0 Å². The molecular formula is C14H22N4O. The third-order valence-corrected chi connectivity index (χ3v) is 3.79. The molecule has 0 bridgehead atoms. The number of hydrogen-bond acceptors (Lipinski definition) is 4. The fraction of sp³-hybridized carbons (Fsp3) is 0.500. The molecule has 1 saturated heterocycles. The van der Waals surface area contributed by atoms with Gasteiger partial charge in [0, 0.05) is 18.2 Å². The molecule has 19 heavy (non-hydrogen) atoms. The third kappa shape index (κ3) is 3.17. The Labute approximate surface area is 113 Å². The number of nitrogens with one attached hydrogen (secondary N) is 1. The minimum Gasteiger partial charge on any atom is -0.397 e. The van der Waals surface area contributed by atoms with Crippen molar-refractivity contribution >= 4 is 17.3 Å². The molecule has 2 atom stereocenters. The fourth-order valence-corrected chi connectivity index (χ4v) is 2.62. The van der Waals surface area contributed by atoms with E-state index in [4.69, 9.17) is 11.5 Å². The minimum atomic E-state index is -0.453. The molecule has 5 N–H and O–H groups in total. The second kappa shape index (κ2) is 5.48. The predicted molar refractivity (Wildman–Crippen MR) is 78.1 cm³/mol. The number of carbonyl (C=O) groups excluding carboxylic acids is 1. The zero-order chi connectivity index (χ0) is 14.0. The number of piperidine rings is 1. The molecule has 0 aliphatic carbocycles. The average Bonchev–Trinajstić information content (AvgIpc) is 2.34. The van der Waals surface area contributed by atoms with E-state index >= 15 is 0 Å². The quantitative estimate of drug-likeness (QED) is 0.713. The van der Waals surface area contributed by atoms with Gasteiger partial charge in [0.05, 0.1) is 11.4 Å². The molecular weight excluding hydrogens is 240 g/mol. The van der Waals surface area contributed by atoms with Gasteiger partial charge < -0.3 is 21.7 Å². The molecule has 5 nitrogen and oxygen atoms in total. The minimum absolute atomic E-state index is 0.415. The van der Waals surface area contributed by atoms with Crippen LogP contribution in [0.25, 0.3) is 0 Å². The summed E-state index contributed by atoms with van der Waals surface area (Å²) in [5.74, 6) is 0.111. The molecule has 1 aromatic rings. The lowest BCUT2D eigenvalue weighted by Gasteiger charge is -2.36. The predicted octanol–water partition coefficient (Wildman–Crippen LogP) is 1.12. The Morgan fingerprint density at radius 1 is 1.47 bits per heavy atom. The Morgan fingerprint density at radius 2 is 2.21 bits per heavy atom. The highest BCUT2D eigenvalue weighted by molar-refractivity contribution is 5.94. The molecule has 1 amide bonds. The average molecular weight is 262 g/mol. The number of likely N-dealkylation sites (tertiary alicyclic amines) is 1. The van der Waals surface area contributed by atoms with E-state index in [1.54, 1.807) is 12.1 Å². The van der Waals surface area contributed by atoms with Gasteiger partial charge in [-0.3, -0.25) is 4.79 Å². The summed E-state index contributed by atoms with van der Waals surface area (Å²) >= 11 is 0. The van der Waals surface area contributed by atoms with Crippen molar-refractivity contribution in [3.8, 4) is 0 Å². The van der Waals surface area contributed by atoms with Crippen molar-refractivity contribution in [1.29, 1.82) is 0 Å². The smallest absolute Gasteiger partial charge is 0.248 e. The second-order valence-electron chi connectivity index (χ2n) is 5.45. The number of primary amides is 1. The van der Waals surface area contributed by atoms with E-state index in [1.165, 1.54) is 0 Å². The van der Waals surface area contributed by atoms with Crippen LogP contribution < -0.4 is 16.8 Å². The Balaban J connectivity index is 2.09. The van der Waals surface area contributed by atoms with Crippen molar-refractivity contribution in [2.45, 2.75) is 19.4 Å². The summed E-state index contributed by atoms with van der Waals surface area (Å²) in [5, 5.41) is 3.48. The summed E-state index contributed by atoms with van der Waals surface area (Å²) in [7, 11) is 2.14. The number of benzene rings is 1. The number of anilines is 2. The molecule has 1 aliphatic rings. The Kier molecular flexibility index (Phi) is 3.95. The summed E-state index contributed by atoms with van der Waals surface area (Å²) in [6, 6.07) is 5.59. The highest BCUT2D eigenvalue weighted by Gasteiger charge is 2.24. The van der Waals surface area contributed by atoms with Crippen LogP contribution in [-0.2, 0) is 0 Å². The molecule has 1 aliphatic heterocycles. The van der Waals surface area contributed by atoms with Gasteiger partial charge in [0.1, 0.15) is 0 Å². The van der Waals surface area contributed by atoms with E-state index in [9.17, 15) is 4.79 Å². The first-order chi connectivity index (χ1) is 8.97. The van der Waals surface area contributed by atoms with Gasteiger partial charge in [-0.05, 0) is 44.1 Å². The number of amides is 1. The van der Waals surface area contributed by atoms with E-state index in [-0.39, 0.29) is 0 Å². The molecule has 104 valence electrons. The highest BCUT2D eigenvalue weighted by Crippen LogP contribution is 2.25. The van der Waals surface area contributed by atoms with Crippen molar-refractivity contribution in [3.05, 3.63) is 23.8 Å². The topological polar surface area (TPSA) is 84.4 Å². The van der Waals surface area contributed by atoms with Gasteiger partial charge in [-0.15, -0.1) is 0 Å². The number of nitrogens with two attached hydrogens (primary N) is 2. The Hall–Kier alpha value is -1.75. The maximum Gasteiger partial charge on any atom is 0.248 e. The molecule has 1 aromatic carbocycles. The third-order valence-electron chi connectivity index (χ3n) is 3.79. The molecule has 1 heterocycles. The molecule has 0 spiro atoms. The SMILES string of the molecule is CC1CN(C)CCC1Nc1ccc(C(N)=O)cc1N. The fourth-order valence-electron chi connectivity index (χ4n) is 2.62. The second-order valence-corrected chi connectivity index (χ2v) is 5.45. The molecule has 0 aromatic heterocycles. The van der Waals surface area contributed by atoms with Crippen molar-refractivity contribution in [2.75, 3.05) is 31.2 Å². The van der Waals surface area contributed by atoms with Crippen molar-refractivity contribution in [1.82, 2.24) is 4.90 Å². The molecule has 0 radical (unpaired) electrons. The Bertz CT molecular complexity index is 475. The number of nitrogen functional groups attached to an aromatic ring is 1. The van der Waals surface area contributed by atoms with E-state index < -0.39 is 5.91 Å². The first kappa shape index (κ1) is 13.7. The lowest BCUT2D eigenvalue weighted by molar-refractivity contribution is 0.100. The van der Waals surface area contributed by atoms with Crippen LogP contribution in [0.3, 0.4) is 0 Å². The van der Waals surface area contributed by atoms with E-state index in [0.717, 1.165) is 25.2 Å². The molecule has 1 fully saturated rings. The number of carbonyl (C=O) groups is 1. The van der Waals surface area contributed by atoms with Gasteiger partial charge >= 0.3 is 0 Å². The van der Waals surface area contributed by atoms with Gasteiger partial charge in [0.25, 0.3) is 0 Å². The monoisotopic (exact) mass is 262 g/mol. The number of hydrogen-bond donors (Lipinski definition) is 3. The van der Waals surface area contributed by atoms with E-state index in [0.29, 0.717) is 23.2 Å². The zero-order valence-corrected chi connectivity index (χ0v) is 11.5. The summed E-state index contributed by atoms with van der Waals surface area (Å²) in [6.45, 7) is 4.40. The van der Waals surface area contributed by atoms with Crippen LogP contribution in [0.5, 0.6) is 0 Å². The van der Waals surface area contributed by atoms with E-state index in [1.807, 2.05) is 6.07 Å². The summed E-state index contributed by atoms with van der Waals surface area (Å²) < 4.78 is 0. The lowest BCUT2D eigenvalue weighted by atomic mass is 9.94. The normalized spacial score (nSPS) is 24.1. The summed E-state index contributed by atoms with van der Waals surface area (Å²) in [5.41, 5.74) is 13.1. The van der Waals surface area contributed by atoms with Crippen LogP contribution in [0.4, 0.5) is 11.4 Å². The van der Waals surface area contributed by atoms with Crippen molar-refractivity contribution in [3.63, 3.8) is 0 Å². The Morgan fingerprint density at radius 3 is 2.79 bits per heavy atom. The van der Waals surface area contributed by atoms with Gasteiger partial charge in [-0.2, -0.15) is 0 Å². The van der Waals surface area contributed by atoms with Gasteiger partial charge in [0.2, 0.25) is 5.91 Å². The number of nitrogens with zero attached hydrogens (tertiary/aromatic N) is 1. The maximum absolute atomic E-state index is 11.1. The van der Waals surface area contributed by atoms with Crippen LogP contribution >= 0.6 is 0 Å². The van der Waals surface area contributed by atoms with Crippen molar-refractivity contribution < 1.29 is 4.79 Å². The highest BCUT2D eigenvalue weighted by atomic mass is 16.1. The van der Waals surface area contributed by atoms with Gasteiger partial charge in [0.15, 0.2) is 0 Å². The number of rotatable bonds is 3. The molecule has 2 rings (SSSR count). The van der Waals surface area contributed by atoms with Crippen LogP contribution in [0, 0.1) is 5.92 Å². The first-order valence-corrected chi connectivity index (χ1v) is 6.62. The molecule has 5 heteroatoms. The summed E-state index contributed by atoms with van der Waals surface area (Å²) in [6.07, 6.45) is 1.09. The standard InChI is InChI=1S/C14H22N4O/c1-9-8-18(2)6-5-12(9)17-13-4-3-10(14(16)19)7-11(13)15/h3-4,7,9,12,17H,5-6,8,15H2,1-2H3,(H2,16,19). The lowest BCUT2D eigenvalue weighted by Crippen LogP contribution is -2.43. The van der Waals surface area contributed by atoms with E-state index in [2.05, 4.69) is 24.2 Å². The van der Waals surface area contributed by atoms with Crippen LogP contribution in [-0.4, -0.2) is 37.0 Å². The van der Waals surface area contributed by atoms with Crippen LogP contribution in [0.15, 0.2) is 18.2 Å². The molecule has 2 unspecified atom stereocenters. The summed E-state index contributed by atoms with van der Waals surface area (Å²) in [4.78, 5) is 13.4. The largest absolute Gasteiger partial charge is 0.397 e. The van der Waals surface area contributed by atoms with Crippen LogP contribution in [0.1, 0.15) is 23.7 Å². The van der Waals surface area contributed by atoms with Gasteiger partial charge in [-0.1, -0.05) is 6.92 Å². The maximum atomic E-state index is 11.1.